The van der Waals surface area contributed by atoms with E-state index in [-0.39, 0.29) is 48.1 Å². The van der Waals surface area contributed by atoms with Gasteiger partial charge in [0.15, 0.2) is 0 Å². The quantitative estimate of drug-likeness (QED) is 0.676. The minimum Gasteiger partial charge on any atom is -0.491 e. The Morgan fingerprint density at radius 3 is 2.67 bits per heavy atom. The molecule has 36 heavy (non-hydrogen) atoms. The van der Waals surface area contributed by atoms with Gasteiger partial charge in [-0.25, -0.2) is 4.98 Å². The lowest BCUT2D eigenvalue weighted by Gasteiger charge is -2.35. The van der Waals surface area contributed by atoms with Crippen LogP contribution in [-0.2, 0) is 9.53 Å². The molecule has 1 aromatic heterocycles. The van der Waals surface area contributed by atoms with E-state index >= 15 is 0 Å². The van der Waals surface area contributed by atoms with Gasteiger partial charge in [-0.05, 0) is 31.5 Å². The van der Waals surface area contributed by atoms with E-state index in [2.05, 4.69) is 15.3 Å². The summed E-state index contributed by atoms with van der Waals surface area (Å²) in [6.45, 7) is 6.65. The SMILES string of the molecule is CCCC(=O)Nc1ccc2c(c1)C(=O)N(C)C[C@@H](OC)[C@H](C)CN(C(=O)c1cnccn1)[C@H](C)CO2. The third-order valence-electron chi connectivity index (χ3n) is 6.25. The molecule has 0 unspecified atom stereocenters. The Labute approximate surface area is 212 Å². The number of hydrogen-bond acceptors (Lipinski definition) is 7. The van der Waals surface area contributed by atoms with E-state index in [9.17, 15) is 14.4 Å². The monoisotopic (exact) mass is 497 g/mol. The van der Waals surface area contributed by atoms with E-state index in [1.54, 1.807) is 42.2 Å². The smallest absolute Gasteiger partial charge is 0.274 e. The van der Waals surface area contributed by atoms with E-state index in [4.69, 9.17) is 9.47 Å². The number of methoxy groups -OCH3 is 1. The van der Waals surface area contributed by atoms with Crippen molar-refractivity contribution in [1.29, 1.82) is 0 Å². The number of likely N-dealkylation sites (N-methyl/N-ethyl adjacent to an activating group) is 1. The Balaban J connectivity index is 1.96. The normalized spacial score (nSPS) is 21.0. The van der Waals surface area contributed by atoms with Crippen LogP contribution in [0, 0.1) is 5.92 Å². The predicted molar refractivity (Wildman–Crippen MR) is 135 cm³/mol. The summed E-state index contributed by atoms with van der Waals surface area (Å²) < 4.78 is 11.8. The lowest BCUT2D eigenvalue weighted by Crippen LogP contribution is -2.48. The fourth-order valence-corrected chi connectivity index (χ4v) is 4.14. The minimum atomic E-state index is -0.330. The summed E-state index contributed by atoms with van der Waals surface area (Å²) in [5, 5.41) is 2.83. The molecule has 3 atom stereocenters. The van der Waals surface area contributed by atoms with Gasteiger partial charge in [0.1, 0.15) is 18.1 Å². The molecule has 0 aliphatic carbocycles. The molecule has 10 heteroatoms. The summed E-state index contributed by atoms with van der Waals surface area (Å²) in [7, 11) is 3.30. The molecule has 0 radical (unpaired) electrons. The van der Waals surface area contributed by atoms with Crippen molar-refractivity contribution >= 4 is 23.4 Å². The van der Waals surface area contributed by atoms with Gasteiger partial charge in [-0.2, -0.15) is 0 Å². The molecule has 194 valence electrons. The molecule has 2 heterocycles. The molecule has 1 aliphatic heterocycles. The van der Waals surface area contributed by atoms with E-state index in [0.29, 0.717) is 36.5 Å². The molecule has 1 aliphatic rings. The van der Waals surface area contributed by atoms with Crippen LogP contribution >= 0.6 is 0 Å². The fraction of sp³-hybridized carbons (Fsp3) is 0.500. The highest BCUT2D eigenvalue weighted by atomic mass is 16.5. The summed E-state index contributed by atoms with van der Waals surface area (Å²) in [5.74, 6) is -0.330. The highest BCUT2D eigenvalue weighted by Crippen LogP contribution is 2.27. The number of benzene rings is 1. The first kappa shape index (κ1) is 27.1. The Hall–Kier alpha value is -3.53. The highest BCUT2D eigenvalue weighted by Gasteiger charge is 2.31. The van der Waals surface area contributed by atoms with Crippen LogP contribution in [0.15, 0.2) is 36.8 Å². The number of carbonyl (C=O) groups is 3. The van der Waals surface area contributed by atoms with Gasteiger partial charge in [0.25, 0.3) is 11.8 Å². The first-order valence-electron chi connectivity index (χ1n) is 12.2. The molecule has 0 fully saturated rings. The highest BCUT2D eigenvalue weighted by molar-refractivity contribution is 5.99. The molecule has 2 aromatic rings. The first-order valence-corrected chi connectivity index (χ1v) is 12.2. The predicted octanol–water partition coefficient (Wildman–Crippen LogP) is 2.86. The maximum absolute atomic E-state index is 13.4. The molecule has 0 saturated carbocycles. The van der Waals surface area contributed by atoms with E-state index < -0.39 is 0 Å². The van der Waals surface area contributed by atoms with Crippen LogP contribution in [0.4, 0.5) is 5.69 Å². The Morgan fingerprint density at radius 1 is 1.22 bits per heavy atom. The van der Waals surface area contributed by atoms with Crippen molar-refractivity contribution in [2.75, 3.05) is 39.2 Å². The van der Waals surface area contributed by atoms with Gasteiger partial charge in [-0.3, -0.25) is 19.4 Å². The van der Waals surface area contributed by atoms with Gasteiger partial charge >= 0.3 is 0 Å². The molecule has 1 aromatic carbocycles. The van der Waals surface area contributed by atoms with Crippen molar-refractivity contribution in [3.8, 4) is 5.75 Å². The van der Waals surface area contributed by atoms with Gasteiger partial charge in [0, 0.05) is 57.7 Å². The van der Waals surface area contributed by atoms with Crippen molar-refractivity contribution in [2.24, 2.45) is 5.92 Å². The average molecular weight is 498 g/mol. The zero-order chi connectivity index (χ0) is 26.2. The molecule has 10 nitrogen and oxygen atoms in total. The van der Waals surface area contributed by atoms with Gasteiger partial charge in [0.2, 0.25) is 5.91 Å². The number of rotatable bonds is 5. The zero-order valence-corrected chi connectivity index (χ0v) is 21.6. The molecular formula is C26H35N5O5. The van der Waals surface area contributed by atoms with Crippen molar-refractivity contribution in [3.63, 3.8) is 0 Å². The fourth-order valence-electron chi connectivity index (χ4n) is 4.14. The number of anilines is 1. The second kappa shape index (κ2) is 12.4. The van der Waals surface area contributed by atoms with Crippen LogP contribution in [0.3, 0.4) is 0 Å². The molecular weight excluding hydrogens is 462 g/mol. The number of aromatic nitrogens is 2. The van der Waals surface area contributed by atoms with Crippen LogP contribution < -0.4 is 10.1 Å². The average Bonchev–Trinajstić information content (AvgIpc) is 2.88. The van der Waals surface area contributed by atoms with E-state index in [1.165, 1.54) is 18.6 Å². The van der Waals surface area contributed by atoms with Crippen molar-refractivity contribution < 1.29 is 23.9 Å². The summed E-state index contributed by atoms with van der Waals surface area (Å²) in [6.07, 6.45) is 5.24. The van der Waals surface area contributed by atoms with Crippen LogP contribution in [0.2, 0.25) is 0 Å². The van der Waals surface area contributed by atoms with Gasteiger partial charge in [-0.1, -0.05) is 13.8 Å². The molecule has 1 N–H and O–H groups in total. The topological polar surface area (TPSA) is 114 Å². The Bertz CT molecular complexity index is 1060. The second-order valence-corrected chi connectivity index (χ2v) is 9.15. The number of hydrogen-bond donors (Lipinski definition) is 1. The number of amides is 3. The van der Waals surface area contributed by atoms with Crippen LogP contribution in [0.1, 0.15) is 54.5 Å². The maximum atomic E-state index is 13.4. The van der Waals surface area contributed by atoms with Gasteiger partial charge in [-0.15, -0.1) is 0 Å². The van der Waals surface area contributed by atoms with Crippen LogP contribution in [0.5, 0.6) is 5.75 Å². The lowest BCUT2D eigenvalue weighted by atomic mass is 10.0. The van der Waals surface area contributed by atoms with Gasteiger partial charge < -0.3 is 24.6 Å². The third kappa shape index (κ3) is 6.57. The van der Waals surface area contributed by atoms with E-state index in [1.807, 2.05) is 20.8 Å². The molecule has 3 amide bonds. The zero-order valence-electron chi connectivity index (χ0n) is 21.6. The van der Waals surface area contributed by atoms with Crippen molar-refractivity contribution in [1.82, 2.24) is 19.8 Å². The summed E-state index contributed by atoms with van der Waals surface area (Å²) in [4.78, 5) is 50.4. The molecule has 0 spiro atoms. The second-order valence-electron chi connectivity index (χ2n) is 9.15. The number of nitrogens with zero attached hydrogens (tertiary/aromatic N) is 4. The summed E-state index contributed by atoms with van der Waals surface area (Å²) >= 11 is 0. The summed E-state index contributed by atoms with van der Waals surface area (Å²) in [5.41, 5.74) is 1.10. The molecule has 0 bridgehead atoms. The van der Waals surface area contributed by atoms with E-state index in [0.717, 1.165) is 6.42 Å². The molecule has 0 saturated heterocycles. The first-order chi connectivity index (χ1) is 17.2. The molecule has 3 rings (SSSR count). The lowest BCUT2D eigenvalue weighted by molar-refractivity contribution is -0.116. The summed E-state index contributed by atoms with van der Waals surface area (Å²) in [6, 6.07) is 4.68. The number of nitrogens with one attached hydrogen (secondary N) is 1. The maximum Gasteiger partial charge on any atom is 0.274 e. The van der Waals surface area contributed by atoms with Crippen molar-refractivity contribution in [3.05, 3.63) is 48.0 Å². The Kier molecular flexibility index (Phi) is 9.35. The number of fused-ring (bicyclic) bond motifs is 1. The van der Waals surface area contributed by atoms with Crippen LogP contribution in [0.25, 0.3) is 0 Å². The minimum absolute atomic E-state index is 0.0908. The standard InChI is InChI=1S/C26H35N5O5/c1-6-7-24(32)29-19-8-9-22-20(12-19)25(33)30(4)15-23(35-5)17(2)14-31(18(3)16-36-22)26(34)21-13-27-10-11-28-21/h8-13,17-18,23H,6-7,14-16H2,1-5H3,(H,29,32)/t17-,18-,23-/m1/s1. The van der Waals surface area contributed by atoms with Gasteiger partial charge in [0.05, 0.1) is 23.9 Å². The number of carbonyl (C=O) groups excluding carboxylic acids is 3. The van der Waals surface area contributed by atoms with Crippen molar-refractivity contribution in [2.45, 2.75) is 45.8 Å². The third-order valence-corrected chi connectivity index (χ3v) is 6.25. The van der Waals surface area contributed by atoms with Crippen LogP contribution in [-0.4, -0.2) is 83.5 Å². The Morgan fingerprint density at radius 2 is 2.00 bits per heavy atom. The largest absolute Gasteiger partial charge is 0.491 e. The number of ether oxygens (including phenoxy) is 2.